The van der Waals surface area contributed by atoms with E-state index in [0.29, 0.717) is 22.6 Å². The van der Waals surface area contributed by atoms with E-state index in [9.17, 15) is 9.90 Å². The van der Waals surface area contributed by atoms with Gasteiger partial charge in [-0.05, 0) is 44.0 Å². The van der Waals surface area contributed by atoms with Crippen molar-refractivity contribution in [1.82, 2.24) is 30.0 Å². The second kappa shape index (κ2) is 7.83. The van der Waals surface area contributed by atoms with Crippen molar-refractivity contribution in [1.29, 1.82) is 0 Å². The fourth-order valence-electron chi connectivity index (χ4n) is 5.19. The molecule has 4 atom stereocenters. The summed E-state index contributed by atoms with van der Waals surface area (Å²) >= 11 is 0. The minimum absolute atomic E-state index is 0.0305. The molecule has 3 aromatic rings. The van der Waals surface area contributed by atoms with Crippen LogP contribution in [0, 0.1) is 5.41 Å². The number of aromatic hydroxyl groups is 1. The van der Waals surface area contributed by atoms with Crippen LogP contribution < -0.4 is 15.9 Å². The van der Waals surface area contributed by atoms with E-state index in [0.717, 1.165) is 19.4 Å². The predicted octanol–water partition coefficient (Wildman–Crippen LogP) is 2.31. The zero-order chi connectivity index (χ0) is 24.3. The molecule has 2 bridgehead atoms. The first-order chi connectivity index (χ1) is 16.1. The Morgan fingerprint density at radius 3 is 2.62 bits per heavy atom. The monoisotopic (exact) mass is 465 g/mol. The molecule has 1 saturated carbocycles. The first-order valence-corrected chi connectivity index (χ1v) is 11.3. The Kier molecular flexibility index (Phi) is 5.16. The second-order valence-corrected chi connectivity index (χ2v) is 9.96. The van der Waals surface area contributed by atoms with Crippen molar-refractivity contribution in [2.75, 3.05) is 18.5 Å². The van der Waals surface area contributed by atoms with Crippen LogP contribution >= 0.6 is 0 Å². The number of alkyl halides is 1. The first-order valence-electron chi connectivity index (χ1n) is 11.3. The lowest BCUT2D eigenvalue weighted by atomic mass is 9.60. The highest BCUT2D eigenvalue weighted by Crippen LogP contribution is 2.49. The summed E-state index contributed by atoms with van der Waals surface area (Å²) in [4.78, 5) is 21.7. The van der Waals surface area contributed by atoms with Crippen molar-refractivity contribution < 1.29 is 9.50 Å². The van der Waals surface area contributed by atoms with Crippen molar-refractivity contribution in [3.63, 3.8) is 0 Å². The molecule has 1 aromatic carbocycles. The Morgan fingerprint density at radius 2 is 2.00 bits per heavy atom. The number of rotatable bonds is 4. The number of halogens is 1. The molecule has 2 aliphatic heterocycles. The topological polar surface area (TPSA) is 109 Å². The Labute approximate surface area is 196 Å². The molecule has 2 N–H and O–H groups in total. The maximum atomic E-state index is 15.5. The summed E-state index contributed by atoms with van der Waals surface area (Å²) in [6, 6.07) is 8.15. The fraction of sp³-hybridized carbons (Fsp3) is 0.458. The Hall–Kier alpha value is -3.40. The van der Waals surface area contributed by atoms with Crippen molar-refractivity contribution in [3.05, 3.63) is 47.1 Å². The van der Waals surface area contributed by atoms with Crippen LogP contribution in [-0.2, 0) is 7.05 Å². The van der Waals surface area contributed by atoms with Crippen LogP contribution in [0.2, 0.25) is 0 Å². The van der Waals surface area contributed by atoms with Crippen LogP contribution in [0.4, 0.5) is 10.2 Å². The Bertz CT molecular complexity index is 1290. The van der Waals surface area contributed by atoms with E-state index in [1.807, 2.05) is 18.9 Å². The third kappa shape index (κ3) is 3.53. The molecule has 3 aliphatic rings. The van der Waals surface area contributed by atoms with Gasteiger partial charge >= 0.3 is 5.69 Å². The molecule has 6 rings (SSSR count). The van der Waals surface area contributed by atoms with Gasteiger partial charge in [-0.2, -0.15) is 4.98 Å². The number of nitrogens with one attached hydrogen (secondary N) is 1. The third-order valence-corrected chi connectivity index (χ3v) is 7.53. The molecule has 4 heterocycles. The molecule has 0 amide bonds. The van der Waals surface area contributed by atoms with E-state index in [-0.39, 0.29) is 23.0 Å². The van der Waals surface area contributed by atoms with Crippen molar-refractivity contribution in [2.24, 2.45) is 12.5 Å². The van der Waals surface area contributed by atoms with E-state index in [4.69, 9.17) is 0 Å². The number of phenols is 1. The summed E-state index contributed by atoms with van der Waals surface area (Å²) in [5, 5.41) is 22.7. The lowest BCUT2D eigenvalue weighted by Gasteiger charge is -2.60. The van der Waals surface area contributed by atoms with Gasteiger partial charge in [-0.25, -0.2) is 14.2 Å². The van der Waals surface area contributed by atoms with Crippen molar-refractivity contribution in [2.45, 2.75) is 44.4 Å². The van der Waals surface area contributed by atoms with Crippen LogP contribution in [0.5, 0.6) is 5.75 Å². The molecule has 10 heteroatoms. The van der Waals surface area contributed by atoms with Gasteiger partial charge < -0.3 is 15.3 Å². The molecule has 9 nitrogen and oxygen atoms in total. The average molecular weight is 466 g/mol. The minimum Gasteiger partial charge on any atom is -0.507 e. The number of aryl methyl sites for hydroxylation is 1. The van der Waals surface area contributed by atoms with Gasteiger partial charge in [0.25, 0.3) is 0 Å². The van der Waals surface area contributed by atoms with Gasteiger partial charge in [-0.1, -0.05) is 13.0 Å². The van der Waals surface area contributed by atoms with Crippen LogP contribution in [0.25, 0.3) is 22.6 Å². The van der Waals surface area contributed by atoms with Gasteiger partial charge in [0.15, 0.2) is 11.6 Å². The molecule has 3 fully saturated rings. The van der Waals surface area contributed by atoms with Gasteiger partial charge in [0.1, 0.15) is 18.2 Å². The highest BCUT2D eigenvalue weighted by Gasteiger charge is 2.58. The van der Waals surface area contributed by atoms with Crippen LogP contribution in [0.1, 0.15) is 26.7 Å². The molecular formula is C24H28FN7O2. The van der Waals surface area contributed by atoms with Crippen LogP contribution in [0.15, 0.2) is 41.5 Å². The average Bonchev–Trinajstić information content (AvgIpc) is 2.82. The number of hydrogen-bond donors (Lipinski definition) is 2. The maximum absolute atomic E-state index is 15.5. The van der Waals surface area contributed by atoms with Gasteiger partial charge in [0.05, 0.1) is 11.7 Å². The molecule has 0 unspecified atom stereocenters. The number of piperidine rings is 2. The van der Waals surface area contributed by atoms with E-state index in [1.54, 1.807) is 31.3 Å². The minimum atomic E-state index is -1.03. The smallest absolute Gasteiger partial charge is 0.350 e. The highest BCUT2D eigenvalue weighted by molar-refractivity contribution is 5.72. The summed E-state index contributed by atoms with van der Waals surface area (Å²) < 4.78 is 16.8. The number of aromatic nitrogens is 5. The third-order valence-electron chi connectivity index (χ3n) is 7.53. The van der Waals surface area contributed by atoms with Crippen molar-refractivity contribution >= 4 is 5.82 Å². The lowest BCUT2D eigenvalue weighted by molar-refractivity contribution is -0.0411. The lowest BCUT2D eigenvalue weighted by Crippen LogP contribution is -2.74. The number of hydrogen-bond acceptors (Lipinski definition) is 8. The summed E-state index contributed by atoms with van der Waals surface area (Å²) in [7, 11) is 3.43. The summed E-state index contributed by atoms with van der Waals surface area (Å²) in [6.07, 6.45) is 2.12. The quantitative estimate of drug-likeness (QED) is 0.604. The molecule has 1 aliphatic carbocycles. The Morgan fingerprint density at radius 1 is 1.21 bits per heavy atom. The van der Waals surface area contributed by atoms with E-state index in [2.05, 4.69) is 32.4 Å². The maximum Gasteiger partial charge on any atom is 0.350 e. The molecule has 34 heavy (non-hydrogen) atoms. The largest absolute Gasteiger partial charge is 0.507 e. The highest BCUT2D eigenvalue weighted by atomic mass is 19.1. The molecule has 178 valence electrons. The predicted molar refractivity (Wildman–Crippen MR) is 126 cm³/mol. The van der Waals surface area contributed by atoms with Gasteiger partial charge in [0.2, 0.25) is 0 Å². The van der Waals surface area contributed by atoms with E-state index >= 15 is 4.39 Å². The Balaban J connectivity index is 1.40. The second-order valence-electron chi connectivity index (χ2n) is 9.96. The molecular weight excluding hydrogens is 437 g/mol. The summed E-state index contributed by atoms with van der Waals surface area (Å²) in [5.41, 5.74) is 0.330. The number of phenolic OH excluding ortho intramolecular Hbond substituents is 1. The molecule has 0 radical (unpaired) electrons. The van der Waals surface area contributed by atoms with Crippen LogP contribution in [0.3, 0.4) is 0 Å². The zero-order valence-electron chi connectivity index (χ0n) is 19.7. The van der Waals surface area contributed by atoms with Gasteiger partial charge in [-0.3, -0.25) is 4.57 Å². The van der Waals surface area contributed by atoms with Gasteiger partial charge in [-0.15, -0.1) is 10.2 Å². The van der Waals surface area contributed by atoms with E-state index < -0.39 is 17.4 Å². The standard InChI is InChI=1S/C24H28FN7O2/c1-23-9-10-24(2,27-12-23)19(25)20(23)32(4)18-8-7-16(29-30-18)15-6-5-14(11-17(15)33)21-26-13-31(3)22(34)28-21/h5-8,11,13,19-20,27,33H,9-10,12H2,1-4H3/t19-,20+,23+,24+/m0/s1. The number of benzene rings is 1. The van der Waals surface area contributed by atoms with Crippen LogP contribution in [-0.4, -0.2) is 61.2 Å². The summed E-state index contributed by atoms with van der Waals surface area (Å²) in [6.45, 7) is 4.85. The number of anilines is 1. The van der Waals surface area contributed by atoms with Crippen molar-refractivity contribution in [3.8, 4) is 28.4 Å². The molecule has 0 spiro atoms. The summed E-state index contributed by atoms with van der Waals surface area (Å²) in [5.74, 6) is 0.780. The van der Waals surface area contributed by atoms with Gasteiger partial charge in [0, 0.05) is 42.7 Å². The van der Waals surface area contributed by atoms with E-state index in [1.165, 1.54) is 17.0 Å². The normalized spacial score (nSPS) is 28.1. The first kappa shape index (κ1) is 22.4. The molecule has 2 saturated heterocycles. The number of fused-ring (bicyclic) bond motifs is 3. The number of nitrogens with zero attached hydrogens (tertiary/aromatic N) is 6. The molecule has 2 aromatic heterocycles. The SMILES string of the molecule is CN(c1ccc(-c2ccc(-c3ncn(C)c(=O)n3)cc2O)nn1)[C@@H]1[C@H](F)[C@@]2(C)CC[C@]1(C)CN2. The fourth-order valence-corrected chi connectivity index (χ4v) is 5.19. The zero-order valence-corrected chi connectivity index (χ0v) is 19.7.